The van der Waals surface area contributed by atoms with Crippen LogP contribution in [0.15, 0.2) is 18.2 Å². The summed E-state index contributed by atoms with van der Waals surface area (Å²) in [6, 6.07) is 5.56. The Balaban J connectivity index is 1.15. The second-order valence-corrected chi connectivity index (χ2v) is 13.9. The van der Waals surface area contributed by atoms with Gasteiger partial charge < -0.3 is 19.1 Å². The molecule has 9 nitrogen and oxygen atoms in total. The molecule has 5 aliphatic rings. The molecule has 3 atom stereocenters. The number of ether oxygens (including phenoxy) is 3. The number of hydrogen-bond donors (Lipinski definition) is 1. The van der Waals surface area contributed by atoms with Crippen LogP contribution < -0.4 is 10.1 Å². The molecule has 1 unspecified atom stereocenters. The van der Waals surface area contributed by atoms with Gasteiger partial charge in [0.2, 0.25) is 11.8 Å². The minimum atomic E-state index is -0.605. The van der Waals surface area contributed by atoms with Crippen LogP contribution in [0.1, 0.15) is 106 Å². The van der Waals surface area contributed by atoms with E-state index >= 15 is 0 Å². The third-order valence-electron chi connectivity index (χ3n) is 11.2. The minimum absolute atomic E-state index is 0.107. The van der Waals surface area contributed by atoms with E-state index in [1.807, 2.05) is 32.4 Å². The highest BCUT2D eigenvalue weighted by molar-refractivity contribution is 6.05. The van der Waals surface area contributed by atoms with Gasteiger partial charge in [0.1, 0.15) is 17.9 Å². The number of nitrogens with one attached hydrogen (secondary N) is 1. The fourth-order valence-corrected chi connectivity index (χ4v) is 8.54. The van der Waals surface area contributed by atoms with E-state index in [1.165, 1.54) is 38.5 Å². The highest BCUT2D eigenvalue weighted by Crippen LogP contribution is 2.36. The fourth-order valence-electron chi connectivity index (χ4n) is 8.54. The van der Waals surface area contributed by atoms with Crippen LogP contribution in [0, 0.1) is 11.8 Å². The number of carbonyl (C=O) groups is 3. The lowest BCUT2D eigenvalue weighted by atomic mass is 9.83. The van der Waals surface area contributed by atoms with Gasteiger partial charge in [-0.05, 0) is 113 Å². The van der Waals surface area contributed by atoms with Gasteiger partial charge in [-0.3, -0.25) is 24.6 Å². The topological polar surface area (TPSA) is 97.4 Å². The molecule has 2 aliphatic heterocycles. The van der Waals surface area contributed by atoms with E-state index in [-0.39, 0.29) is 30.2 Å². The molecule has 2 heterocycles. The molecule has 0 aromatic heterocycles. The normalized spacial score (nSPS) is 32.9. The first-order valence-electron chi connectivity index (χ1n) is 17.2. The molecular weight excluding hydrogens is 558 g/mol. The summed E-state index contributed by atoms with van der Waals surface area (Å²) < 4.78 is 18.2. The monoisotopic (exact) mass is 609 g/mol. The molecule has 242 valence electrons. The van der Waals surface area contributed by atoms with Gasteiger partial charge in [0, 0.05) is 51.9 Å². The van der Waals surface area contributed by atoms with Crippen LogP contribution >= 0.6 is 0 Å². The van der Waals surface area contributed by atoms with E-state index < -0.39 is 6.04 Å². The van der Waals surface area contributed by atoms with Crippen molar-refractivity contribution >= 4 is 17.7 Å². The predicted octanol–water partition coefficient (Wildman–Crippen LogP) is 4.85. The van der Waals surface area contributed by atoms with Crippen LogP contribution in [0.4, 0.5) is 0 Å². The molecule has 3 aliphatic carbocycles. The lowest BCUT2D eigenvalue weighted by molar-refractivity contribution is -0.136. The van der Waals surface area contributed by atoms with Gasteiger partial charge in [0.05, 0.1) is 12.2 Å². The maximum atomic E-state index is 13.2. The van der Waals surface area contributed by atoms with E-state index in [9.17, 15) is 14.4 Å². The van der Waals surface area contributed by atoms with E-state index in [0.717, 1.165) is 62.9 Å². The number of nitrogens with zero attached hydrogens (tertiary/aromatic N) is 2. The quantitative estimate of drug-likeness (QED) is 0.379. The summed E-state index contributed by atoms with van der Waals surface area (Å²) in [5.74, 6) is 1.41. The summed E-state index contributed by atoms with van der Waals surface area (Å²) in [5.41, 5.74) is 1.52. The van der Waals surface area contributed by atoms with E-state index in [0.29, 0.717) is 48.6 Å². The molecule has 3 amide bonds. The molecule has 0 spiro atoms. The van der Waals surface area contributed by atoms with Gasteiger partial charge >= 0.3 is 0 Å². The van der Waals surface area contributed by atoms with Crippen molar-refractivity contribution in [3.05, 3.63) is 29.3 Å². The Morgan fingerprint density at radius 2 is 1.45 bits per heavy atom. The van der Waals surface area contributed by atoms with Gasteiger partial charge in [0.15, 0.2) is 0 Å². The van der Waals surface area contributed by atoms with E-state index in [2.05, 4.69) is 10.2 Å². The van der Waals surface area contributed by atoms with Crippen LogP contribution in [-0.2, 0) is 25.6 Å². The molecule has 0 radical (unpaired) electrons. The Morgan fingerprint density at radius 3 is 2.07 bits per heavy atom. The maximum absolute atomic E-state index is 13.2. The molecule has 1 aromatic rings. The molecule has 3 saturated carbocycles. The van der Waals surface area contributed by atoms with Crippen molar-refractivity contribution in [1.82, 2.24) is 15.1 Å². The highest BCUT2D eigenvalue weighted by atomic mass is 16.5. The number of amides is 3. The average molecular weight is 610 g/mol. The Kier molecular flexibility index (Phi) is 10.2. The number of benzene rings is 1. The van der Waals surface area contributed by atoms with Crippen LogP contribution in [0.3, 0.4) is 0 Å². The third-order valence-corrected chi connectivity index (χ3v) is 11.2. The van der Waals surface area contributed by atoms with Gasteiger partial charge in [-0.15, -0.1) is 0 Å². The van der Waals surface area contributed by atoms with Gasteiger partial charge in [0.25, 0.3) is 5.91 Å². The molecule has 6 rings (SSSR count). The lowest BCUT2D eigenvalue weighted by Gasteiger charge is -2.44. The zero-order valence-electron chi connectivity index (χ0n) is 26.6. The molecule has 0 bridgehead atoms. The Labute approximate surface area is 262 Å². The van der Waals surface area contributed by atoms with Crippen molar-refractivity contribution in [2.24, 2.45) is 11.8 Å². The maximum Gasteiger partial charge on any atom is 0.255 e. The van der Waals surface area contributed by atoms with Crippen molar-refractivity contribution in [3.63, 3.8) is 0 Å². The first kappa shape index (κ1) is 31.5. The van der Waals surface area contributed by atoms with Crippen LogP contribution in [-0.4, -0.2) is 85.2 Å². The van der Waals surface area contributed by atoms with Gasteiger partial charge in [-0.25, -0.2) is 0 Å². The Morgan fingerprint density at radius 1 is 0.818 bits per heavy atom. The molecule has 4 fully saturated rings. The van der Waals surface area contributed by atoms with Crippen molar-refractivity contribution < 1.29 is 28.6 Å². The largest absolute Gasteiger partial charge is 0.489 e. The zero-order valence-corrected chi connectivity index (χ0v) is 26.6. The Hall–Kier alpha value is -2.49. The summed E-state index contributed by atoms with van der Waals surface area (Å²) in [7, 11) is 3.69. The Bertz CT molecular complexity index is 1150. The van der Waals surface area contributed by atoms with Crippen LogP contribution in [0.5, 0.6) is 5.75 Å². The number of imide groups is 1. The number of methoxy groups -OCH3 is 2. The third kappa shape index (κ3) is 7.15. The van der Waals surface area contributed by atoms with Crippen molar-refractivity contribution in [3.8, 4) is 5.75 Å². The number of carbonyl (C=O) groups excluding carboxylic acids is 3. The van der Waals surface area contributed by atoms with Gasteiger partial charge in [-0.2, -0.15) is 0 Å². The molecule has 1 saturated heterocycles. The summed E-state index contributed by atoms with van der Waals surface area (Å²) in [4.78, 5) is 41.8. The number of rotatable bonds is 10. The zero-order chi connectivity index (χ0) is 30.6. The molecule has 44 heavy (non-hydrogen) atoms. The van der Waals surface area contributed by atoms with Crippen molar-refractivity contribution in [1.29, 1.82) is 0 Å². The minimum Gasteiger partial charge on any atom is -0.489 e. The fraction of sp³-hybridized carbons (Fsp3) is 0.743. The van der Waals surface area contributed by atoms with Crippen molar-refractivity contribution in [2.45, 2.75) is 127 Å². The van der Waals surface area contributed by atoms with Crippen molar-refractivity contribution in [2.75, 3.05) is 27.3 Å². The lowest BCUT2D eigenvalue weighted by Crippen LogP contribution is -2.52. The number of piperidine rings is 1. The second kappa shape index (κ2) is 14.3. The van der Waals surface area contributed by atoms with E-state index in [1.54, 1.807) is 4.90 Å². The smallest absolute Gasteiger partial charge is 0.255 e. The number of fused-ring (bicyclic) bond motifs is 1. The summed E-state index contributed by atoms with van der Waals surface area (Å²) in [6.45, 7) is 2.63. The first-order valence-corrected chi connectivity index (χ1v) is 17.2. The standard InChI is InChI=1S/C35H51N3O6/c1-42-26-11-7-23(8-12-26)20-37(21-24-9-13-27(43-2)14-10-24)30-5-3-4-6-32(30)44-28-15-16-29-25(19-28)22-38(35(29)41)31-17-18-33(39)36-34(31)40/h15-16,19,23-24,26-27,30-32H,3-14,17-18,20-22H2,1-2H3,(H,36,39,40)/t23-,24-,26-,27-,30-,31?,32+/m0/s1. The predicted molar refractivity (Wildman–Crippen MR) is 166 cm³/mol. The highest BCUT2D eigenvalue weighted by Gasteiger charge is 2.40. The van der Waals surface area contributed by atoms with Crippen LogP contribution in [0.25, 0.3) is 0 Å². The average Bonchev–Trinajstić information content (AvgIpc) is 3.36. The molecule has 1 N–H and O–H groups in total. The van der Waals surface area contributed by atoms with Gasteiger partial charge in [-0.1, -0.05) is 6.42 Å². The second-order valence-electron chi connectivity index (χ2n) is 13.9. The van der Waals surface area contributed by atoms with Crippen LogP contribution in [0.2, 0.25) is 0 Å². The molecule has 9 heteroatoms. The first-order chi connectivity index (χ1) is 21.4. The summed E-state index contributed by atoms with van der Waals surface area (Å²) in [5, 5.41) is 2.39. The summed E-state index contributed by atoms with van der Waals surface area (Å²) >= 11 is 0. The van der Waals surface area contributed by atoms with E-state index in [4.69, 9.17) is 14.2 Å². The molecule has 1 aromatic carbocycles. The summed E-state index contributed by atoms with van der Waals surface area (Å²) in [6.07, 6.45) is 15.7. The SMILES string of the molecule is CO[C@H]1CC[C@H](CN(C[C@H]2CC[C@H](OC)CC2)[C@H]2CCCC[C@H]2Oc2ccc3c(c2)CN(C2CCC(=O)NC2=O)C3=O)CC1. The molecular formula is C35H51N3O6. The number of hydrogen-bond acceptors (Lipinski definition) is 7.